The molecule has 1 heterocycles. The highest BCUT2D eigenvalue weighted by Gasteiger charge is 2.32. The molecule has 0 spiro atoms. The fourth-order valence-electron chi connectivity index (χ4n) is 2.25. The van der Waals surface area contributed by atoms with Crippen LogP contribution in [0.5, 0.6) is 0 Å². The Kier molecular flexibility index (Phi) is 4.14. The summed E-state index contributed by atoms with van der Waals surface area (Å²) < 4.78 is 0. The molecule has 0 bridgehead atoms. The van der Waals surface area contributed by atoms with Crippen LogP contribution in [0.25, 0.3) is 0 Å². The summed E-state index contributed by atoms with van der Waals surface area (Å²) in [5.41, 5.74) is 0. The Morgan fingerprint density at radius 2 is 1.93 bits per heavy atom. The minimum absolute atomic E-state index is 0.159. The van der Waals surface area contributed by atoms with Crippen LogP contribution < -0.4 is 0 Å². The number of carboxylic acid groups (broad SMARTS) is 1. The van der Waals surface area contributed by atoms with Crippen molar-refractivity contribution >= 4 is 5.97 Å². The average molecular weight is 213 g/mol. The van der Waals surface area contributed by atoms with E-state index in [1.165, 1.54) is 6.42 Å². The van der Waals surface area contributed by atoms with Gasteiger partial charge in [0.1, 0.15) is 0 Å². The zero-order valence-corrected chi connectivity index (χ0v) is 10.2. The topological polar surface area (TPSA) is 40.5 Å². The molecule has 3 unspecified atom stereocenters. The number of aliphatic carboxylic acids is 1. The Morgan fingerprint density at radius 1 is 1.33 bits per heavy atom. The maximum Gasteiger partial charge on any atom is 0.307 e. The van der Waals surface area contributed by atoms with Crippen molar-refractivity contribution in [3.8, 4) is 0 Å². The van der Waals surface area contributed by atoms with E-state index in [-0.39, 0.29) is 12.0 Å². The molecule has 1 fully saturated rings. The van der Waals surface area contributed by atoms with Crippen LogP contribution in [0.15, 0.2) is 0 Å². The Bertz CT molecular complexity index is 228. The second-order valence-corrected chi connectivity index (χ2v) is 5.16. The molecule has 1 aliphatic heterocycles. The van der Waals surface area contributed by atoms with Crippen molar-refractivity contribution in [1.29, 1.82) is 0 Å². The van der Waals surface area contributed by atoms with E-state index >= 15 is 0 Å². The largest absolute Gasteiger partial charge is 0.481 e. The minimum Gasteiger partial charge on any atom is -0.481 e. The monoisotopic (exact) mass is 213 g/mol. The highest BCUT2D eigenvalue weighted by molar-refractivity contribution is 5.70. The molecule has 1 aliphatic rings. The zero-order valence-electron chi connectivity index (χ0n) is 10.2. The van der Waals surface area contributed by atoms with E-state index in [1.54, 1.807) is 6.92 Å². The van der Waals surface area contributed by atoms with Crippen LogP contribution in [-0.2, 0) is 4.79 Å². The molecule has 0 aromatic heterocycles. The predicted molar refractivity (Wildman–Crippen MR) is 60.8 cm³/mol. The normalized spacial score (nSPS) is 26.9. The molecule has 15 heavy (non-hydrogen) atoms. The second kappa shape index (κ2) is 4.97. The lowest BCUT2D eigenvalue weighted by atomic mass is 9.95. The lowest BCUT2D eigenvalue weighted by molar-refractivity contribution is -0.143. The standard InChI is InChI=1S/C12H23NO2/c1-8(2)11-5-6-13(7-11)10(4)9(3)12(14)15/h8-11H,5-7H2,1-4H3,(H,14,15). The molecule has 3 heteroatoms. The van der Waals surface area contributed by atoms with Crippen LogP contribution in [0, 0.1) is 17.8 Å². The van der Waals surface area contributed by atoms with Crippen molar-refractivity contribution in [2.24, 2.45) is 17.8 Å². The molecule has 0 aliphatic carbocycles. The fourth-order valence-corrected chi connectivity index (χ4v) is 2.25. The summed E-state index contributed by atoms with van der Waals surface area (Å²) in [6.07, 6.45) is 1.22. The number of carboxylic acids is 1. The molecule has 88 valence electrons. The van der Waals surface area contributed by atoms with Gasteiger partial charge in [0.15, 0.2) is 0 Å². The minimum atomic E-state index is -0.685. The molecule has 1 N–H and O–H groups in total. The molecular weight excluding hydrogens is 190 g/mol. The van der Waals surface area contributed by atoms with Gasteiger partial charge < -0.3 is 5.11 Å². The van der Waals surface area contributed by atoms with E-state index in [2.05, 4.69) is 18.7 Å². The van der Waals surface area contributed by atoms with Gasteiger partial charge >= 0.3 is 5.97 Å². The smallest absolute Gasteiger partial charge is 0.307 e. The van der Waals surface area contributed by atoms with E-state index in [0.29, 0.717) is 5.92 Å². The maximum absolute atomic E-state index is 10.9. The van der Waals surface area contributed by atoms with Gasteiger partial charge in [-0.15, -0.1) is 0 Å². The highest BCUT2D eigenvalue weighted by Crippen LogP contribution is 2.26. The van der Waals surface area contributed by atoms with Gasteiger partial charge in [-0.3, -0.25) is 9.69 Å². The summed E-state index contributed by atoms with van der Waals surface area (Å²) in [7, 11) is 0. The third-order valence-electron chi connectivity index (χ3n) is 3.89. The molecule has 0 amide bonds. The number of nitrogens with zero attached hydrogens (tertiary/aromatic N) is 1. The number of hydrogen-bond acceptors (Lipinski definition) is 2. The molecule has 0 aromatic carbocycles. The molecule has 0 radical (unpaired) electrons. The van der Waals surface area contributed by atoms with Crippen LogP contribution in [0.2, 0.25) is 0 Å². The number of hydrogen-bond donors (Lipinski definition) is 1. The quantitative estimate of drug-likeness (QED) is 0.777. The van der Waals surface area contributed by atoms with Crippen molar-refractivity contribution in [3.05, 3.63) is 0 Å². The van der Waals surface area contributed by atoms with Gasteiger partial charge in [-0.2, -0.15) is 0 Å². The molecule has 1 saturated heterocycles. The van der Waals surface area contributed by atoms with Crippen molar-refractivity contribution < 1.29 is 9.90 Å². The maximum atomic E-state index is 10.9. The molecule has 0 saturated carbocycles. The number of likely N-dealkylation sites (tertiary alicyclic amines) is 1. The van der Waals surface area contributed by atoms with Crippen LogP contribution in [0.4, 0.5) is 0 Å². The van der Waals surface area contributed by atoms with Gasteiger partial charge in [0.25, 0.3) is 0 Å². The van der Waals surface area contributed by atoms with Crippen LogP contribution in [-0.4, -0.2) is 35.1 Å². The van der Waals surface area contributed by atoms with E-state index < -0.39 is 5.97 Å². The molecule has 0 aromatic rings. The van der Waals surface area contributed by atoms with Crippen molar-refractivity contribution in [2.75, 3.05) is 13.1 Å². The van der Waals surface area contributed by atoms with Gasteiger partial charge in [-0.1, -0.05) is 20.8 Å². The summed E-state index contributed by atoms with van der Waals surface area (Å²) in [5, 5.41) is 8.96. The number of rotatable bonds is 4. The average Bonchev–Trinajstić information content (AvgIpc) is 2.64. The Balaban J connectivity index is 2.49. The second-order valence-electron chi connectivity index (χ2n) is 5.16. The Labute approximate surface area is 92.5 Å². The molecule has 3 nitrogen and oxygen atoms in total. The first kappa shape index (κ1) is 12.5. The zero-order chi connectivity index (χ0) is 11.6. The van der Waals surface area contributed by atoms with Gasteiger partial charge in [0, 0.05) is 12.6 Å². The molecule has 3 atom stereocenters. The highest BCUT2D eigenvalue weighted by atomic mass is 16.4. The van der Waals surface area contributed by atoms with Gasteiger partial charge in [0.05, 0.1) is 5.92 Å². The van der Waals surface area contributed by atoms with Crippen molar-refractivity contribution in [1.82, 2.24) is 4.90 Å². The van der Waals surface area contributed by atoms with E-state index in [4.69, 9.17) is 5.11 Å². The van der Waals surface area contributed by atoms with E-state index in [9.17, 15) is 4.79 Å². The molecular formula is C12H23NO2. The first-order valence-corrected chi connectivity index (χ1v) is 5.90. The first-order chi connectivity index (χ1) is 6.93. The third-order valence-corrected chi connectivity index (χ3v) is 3.89. The van der Waals surface area contributed by atoms with Gasteiger partial charge in [0.2, 0.25) is 0 Å². The fraction of sp³-hybridized carbons (Fsp3) is 0.917. The van der Waals surface area contributed by atoms with Crippen LogP contribution >= 0.6 is 0 Å². The van der Waals surface area contributed by atoms with Gasteiger partial charge in [-0.25, -0.2) is 0 Å². The lowest BCUT2D eigenvalue weighted by Crippen LogP contribution is -2.39. The third kappa shape index (κ3) is 2.94. The van der Waals surface area contributed by atoms with Crippen LogP contribution in [0.3, 0.4) is 0 Å². The first-order valence-electron chi connectivity index (χ1n) is 5.90. The van der Waals surface area contributed by atoms with Crippen LogP contribution in [0.1, 0.15) is 34.1 Å². The Morgan fingerprint density at radius 3 is 2.33 bits per heavy atom. The summed E-state index contributed by atoms with van der Waals surface area (Å²) in [4.78, 5) is 13.2. The van der Waals surface area contributed by atoms with Gasteiger partial charge in [-0.05, 0) is 31.7 Å². The SMILES string of the molecule is CC(C)C1CCN(C(C)C(C)C(=O)O)C1. The van der Waals surface area contributed by atoms with E-state index in [1.807, 2.05) is 6.92 Å². The van der Waals surface area contributed by atoms with Crippen molar-refractivity contribution in [3.63, 3.8) is 0 Å². The summed E-state index contributed by atoms with van der Waals surface area (Å²) in [6, 6.07) is 0.159. The predicted octanol–water partition coefficient (Wildman–Crippen LogP) is 2.07. The summed E-state index contributed by atoms with van der Waals surface area (Å²) >= 11 is 0. The summed E-state index contributed by atoms with van der Waals surface area (Å²) in [6.45, 7) is 10.5. The lowest BCUT2D eigenvalue weighted by Gasteiger charge is -2.27. The summed E-state index contributed by atoms with van der Waals surface area (Å²) in [5.74, 6) is 0.502. The van der Waals surface area contributed by atoms with Crippen molar-refractivity contribution in [2.45, 2.75) is 40.2 Å². The van der Waals surface area contributed by atoms with E-state index in [0.717, 1.165) is 19.0 Å². The Hall–Kier alpha value is -0.570. The molecule has 1 rings (SSSR count). The number of carbonyl (C=O) groups is 1.